The van der Waals surface area contributed by atoms with Crippen LogP contribution in [0.2, 0.25) is 0 Å². The molecule has 0 amide bonds. The average molecular weight is 685 g/mol. The summed E-state index contributed by atoms with van der Waals surface area (Å²) in [6, 6.07) is 0. The largest absolute Gasteiger partial charge is 1.00 e. The van der Waals surface area contributed by atoms with Gasteiger partial charge >= 0.3 is 29.6 Å². The molecule has 0 bridgehead atoms. The molecule has 0 aromatic rings. The number of ether oxygens (including phenoxy) is 2. The Morgan fingerprint density at radius 3 is 2.20 bits per heavy atom. The van der Waals surface area contributed by atoms with Crippen molar-refractivity contribution < 1.29 is 86.8 Å². The number of rotatable bonds is 8. The third-order valence-electron chi connectivity index (χ3n) is 12.6. The maximum absolute atomic E-state index is 12.6. The molecule has 1 saturated heterocycles. The molecule has 0 unspecified atom stereocenters. The molecule has 0 radical (unpaired) electrons. The summed E-state index contributed by atoms with van der Waals surface area (Å²) in [6.07, 6.45) is -0.978. The van der Waals surface area contributed by atoms with Crippen molar-refractivity contribution in [3.8, 4) is 0 Å². The van der Waals surface area contributed by atoms with E-state index in [1.165, 1.54) is 0 Å². The van der Waals surface area contributed by atoms with Gasteiger partial charge in [0.1, 0.15) is 18.3 Å². The van der Waals surface area contributed by atoms with Crippen LogP contribution >= 0.6 is 0 Å². The van der Waals surface area contributed by atoms with Crippen LogP contribution in [0.5, 0.6) is 0 Å². The normalized spacial score (nSPS) is 49.1. The second-order valence-electron chi connectivity index (χ2n) is 15.6. The summed E-state index contributed by atoms with van der Waals surface area (Å²) in [6.45, 7) is 10.0. The minimum atomic E-state index is -4.87. The SMILES string of the molecule is CC(C)[C@H](/C=C/[C@@H](C)[C@H]1C[C@@H](O)[C@@H]2[C@]1(C)CC[C@@H]1[C@@]3(C)CC[C@H](OS(=O)(=O)[O-])C[C@@H]3[C@@H](O)C[C@]12O)O[C@@H]1OC[C@@H](O)[C@H](O)[C@H]1O.[Na+]. The van der Waals surface area contributed by atoms with Crippen LogP contribution in [0.4, 0.5) is 0 Å². The standard InChI is InChI=1S/C32H54O12S.Na/c1-16(2)24(43-29-27(37)26(36)23(35)15-42-29)7-6-17(3)19-13-21(33)28-31(19,5)11-9-25-30(4)10-8-18(44-45(39,40)41)12-20(30)22(34)14-32(25,28)38;/h6-7,16-29,33-38H,8-15H2,1-5H3,(H,39,40,41);/q;+1/p-1/b7-6+;/t17-,18+,19-,20-,21-,22+,23-,24+,25-,26+,27-,28-,29+,30+,31-,32+;/m1./s1. The van der Waals surface area contributed by atoms with Gasteiger partial charge in [0.25, 0.3) is 0 Å². The van der Waals surface area contributed by atoms with Crippen LogP contribution in [0.1, 0.15) is 79.6 Å². The molecule has 0 spiro atoms. The third-order valence-corrected chi connectivity index (χ3v) is 13.1. The number of hydrogen-bond acceptors (Lipinski definition) is 12. The van der Waals surface area contributed by atoms with Gasteiger partial charge in [-0.05, 0) is 78.9 Å². The predicted octanol–water partition coefficient (Wildman–Crippen LogP) is -1.78. The Morgan fingerprint density at radius 2 is 1.57 bits per heavy atom. The van der Waals surface area contributed by atoms with Crippen molar-refractivity contribution in [3.63, 3.8) is 0 Å². The summed E-state index contributed by atoms with van der Waals surface area (Å²) < 4.78 is 50.1. The second-order valence-corrected chi connectivity index (χ2v) is 16.6. The van der Waals surface area contributed by atoms with Gasteiger partial charge in [0, 0.05) is 12.3 Å². The van der Waals surface area contributed by atoms with E-state index in [9.17, 15) is 43.6 Å². The molecule has 1 aliphatic heterocycles. The molecule has 260 valence electrons. The average Bonchev–Trinajstić information content (AvgIpc) is 3.21. The van der Waals surface area contributed by atoms with Gasteiger partial charge in [0.15, 0.2) is 6.29 Å². The first kappa shape index (κ1) is 39.1. The molecule has 0 aromatic carbocycles. The Kier molecular flexibility index (Phi) is 12.0. The van der Waals surface area contributed by atoms with Crippen LogP contribution in [0.25, 0.3) is 0 Å². The van der Waals surface area contributed by atoms with E-state index in [1.54, 1.807) is 0 Å². The zero-order chi connectivity index (χ0) is 33.3. The predicted molar refractivity (Wildman–Crippen MR) is 160 cm³/mol. The fourth-order valence-electron chi connectivity index (χ4n) is 10.5. The van der Waals surface area contributed by atoms with E-state index in [2.05, 4.69) is 13.8 Å². The van der Waals surface area contributed by atoms with E-state index in [4.69, 9.17) is 13.7 Å². The zero-order valence-electron chi connectivity index (χ0n) is 27.9. The van der Waals surface area contributed by atoms with Crippen molar-refractivity contribution in [1.82, 2.24) is 0 Å². The molecule has 5 aliphatic rings. The van der Waals surface area contributed by atoms with Gasteiger partial charge < -0.3 is 44.7 Å². The van der Waals surface area contributed by atoms with Crippen molar-refractivity contribution in [2.75, 3.05) is 6.61 Å². The van der Waals surface area contributed by atoms with Crippen LogP contribution in [0, 0.1) is 46.3 Å². The molecule has 4 aliphatic carbocycles. The Labute approximate surface area is 295 Å². The van der Waals surface area contributed by atoms with E-state index in [0.29, 0.717) is 25.7 Å². The quantitative estimate of drug-likeness (QED) is 0.0727. The molecule has 12 nitrogen and oxygen atoms in total. The molecule has 5 rings (SSSR count). The Bertz CT molecular complexity index is 1200. The summed E-state index contributed by atoms with van der Waals surface area (Å²) in [5.74, 6) is -1.00. The van der Waals surface area contributed by atoms with E-state index in [1.807, 2.05) is 32.9 Å². The van der Waals surface area contributed by atoms with Crippen molar-refractivity contribution in [3.05, 3.63) is 12.2 Å². The van der Waals surface area contributed by atoms with Gasteiger partial charge in [-0.3, -0.25) is 4.18 Å². The van der Waals surface area contributed by atoms with Gasteiger partial charge in [-0.1, -0.05) is 46.8 Å². The topological polar surface area (TPSA) is 206 Å². The summed E-state index contributed by atoms with van der Waals surface area (Å²) in [5.41, 5.74) is -2.26. The third kappa shape index (κ3) is 7.08. The van der Waals surface area contributed by atoms with Crippen LogP contribution in [-0.4, -0.2) is 105 Å². The minimum Gasteiger partial charge on any atom is -0.726 e. The summed E-state index contributed by atoms with van der Waals surface area (Å²) in [5, 5.41) is 65.8. The molecule has 14 heteroatoms. The first-order valence-electron chi connectivity index (χ1n) is 16.5. The van der Waals surface area contributed by atoms with E-state index in [-0.39, 0.29) is 78.6 Å². The Balaban J connectivity index is 0.00000480. The minimum absolute atomic E-state index is 0. The monoisotopic (exact) mass is 684 g/mol. The van der Waals surface area contributed by atoms with Gasteiger partial charge in [-0.15, -0.1) is 0 Å². The zero-order valence-corrected chi connectivity index (χ0v) is 30.8. The molecule has 0 aromatic heterocycles. The van der Waals surface area contributed by atoms with Gasteiger partial charge in [-0.25, -0.2) is 8.42 Å². The number of fused-ring (bicyclic) bond motifs is 5. The molecular formula is C32H53NaO12S. The van der Waals surface area contributed by atoms with Crippen LogP contribution in [0.15, 0.2) is 12.2 Å². The second kappa shape index (κ2) is 14.1. The fourth-order valence-corrected chi connectivity index (χ4v) is 11.0. The maximum atomic E-state index is 12.6. The fraction of sp³-hybridized carbons (Fsp3) is 0.938. The molecule has 46 heavy (non-hydrogen) atoms. The van der Waals surface area contributed by atoms with Crippen molar-refractivity contribution in [2.24, 2.45) is 46.3 Å². The first-order valence-corrected chi connectivity index (χ1v) is 17.9. The van der Waals surface area contributed by atoms with Gasteiger partial charge in [0.05, 0.1) is 36.6 Å². The molecule has 16 atom stereocenters. The van der Waals surface area contributed by atoms with E-state index >= 15 is 0 Å². The summed E-state index contributed by atoms with van der Waals surface area (Å²) in [4.78, 5) is 0. The van der Waals surface area contributed by atoms with Crippen LogP contribution in [-0.2, 0) is 24.1 Å². The first-order chi connectivity index (χ1) is 20.8. The molecule has 6 N–H and O–H groups in total. The van der Waals surface area contributed by atoms with E-state index < -0.39 is 81.8 Å². The smallest absolute Gasteiger partial charge is 0.726 e. The molecule has 4 saturated carbocycles. The van der Waals surface area contributed by atoms with Crippen molar-refractivity contribution in [2.45, 2.75) is 134 Å². The Morgan fingerprint density at radius 1 is 0.913 bits per heavy atom. The molecule has 1 heterocycles. The van der Waals surface area contributed by atoms with Crippen molar-refractivity contribution >= 4 is 10.4 Å². The van der Waals surface area contributed by atoms with Crippen LogP contribution < -0.4 is 29.6 Å². The number of allylic oxidation sites excluding steroid dienone is 1. The number of hydrogen-bond donors (Lipinski definition) is 6. The van der Waals surface area contributed by atoms with E-state index in [0.717, 1.165) is 6.42 Å². The Hall–Kier alpha value is 0.290. The number of aliphatic hydroxyl groups is 6. The van der Waals surface area contributed by atoms with Gasteiger partial charge in [-0.2, -0.15) is 0 Å². The maximum Gasteiger partial charge on any atom is 1.00 e. The molecule has 5 fully saturated rings. The number of aliphatic hydroxyl groups excluding tert-OH is 5. The molecular weight excluding hydrogens is 631 g/mol. The van der Waals surface area contributed by atoms with Crippen molar-refractivity contribution in [1.29, 1.82) is 0 Å². The van der Waals surface area contributed by atoms with Crippen LogP contribution in [0.3, 0.4) is 0 Å². The summed E-state index contributed by atoms with van der Waals surface area (Å²) >= 11 is 0. The summed E-state index contributed by atoms with van der Waals surface area (Å²) in [7, 11) is -4.87. The van der Waals surface area contributed by atoms with Gasteiger partial charge in [0.2, 0.25) is 10.4 Å².